The fourth-order valence-electron chi connectivity index (χ4n) is 2.45. The van der Waals surface area contributed by atoms with Gasteiger partial charge < -0.3 is 10.6 Å². The zero-order valence-electron chi connectivity index (χ0n) is 10.9. The van der Waals surface area contributed by atoms with E-state index in [2.05, 4.69) is 39.2 Å². The molecule has 1 saturated carbocycles. The van der Waals surface area contributed by atoms with Gasteiger partial charge in [0.1, 0.15) is 5.82 Å². The Morgan fingerprint density at radius 1 is 1.24 bits per heavy atom. The highest BCUT2D eigenvalue weighted by atomic mass is 15.4. The van der Waals surface area contributed by atoms with Gasteiger partial charge in [-0.25, -0.2) is 0 Å². The zero-order valence-corrected chi connectivity index (χ0v) is 10.9. The minimum atomic E-state index is 0.680. The second-order valence-electron chi connectivity index (χ2n) is 4.58. The van der Waals surface area contributed by atoms with Gasteiger partial charge in [0.25, 0.3) is 0 Å². The molecule has 1 aromatic rings. The summed E-state index contributed by atoms with van der Waals surface area (Å²) in [5.41, 5.74) is 0. The van der Waals surface area contributed by atoms with E-state index in [0.717, 1.165) is 31.4 Å². The highest BCUT2D eigenvalue weighted by Gasteiger charge is 2.16. The molecule has 0 aliphatic heterocycles. The van der Waals surface area contributed by atoms with E-state index in [9.17, 15) is 0 Å². The third-order valence-corrected chi connectivity index (χ3v) is 3.38. The molecule has 1 aromatic heterocycles. The Bertz CT molecular complexity index is 341. The molecule has 0 amide bonds. The Kier molecular flexibility index (Phi) is 4.36. The van der Waals surface area contributed by atoms with Gasteiger partial charge in [-0.2, -0.15) is 0 Å². The molecular formula is C12H23N5. The Hall–Kier alpha value is -1.10. The lowest BCUT2D eigenvalue weighted by molar-refractivity contribution is 0.502. The molecule has 96 valence electrons. The van der Waals surface area contributed by atoms with Gasteiger partial charge in [0.15, 0.2) is 0 Å². The number of anilines is 1. The SMILES string of the molecule is CCNc1nnc(CNC2CCCC2)n1CC. The number of nitrogens with zero attached hydrogens (tertiary/aromatic N) is 3. The topological polar surface area (TPSA) is 54.8 Å². The van der Waals surface area contributed by atoms with Crippen LogP contribution in [0.15, 0.2) is 0 Å². The lowest BCUT2D eigenvalue weighted by Gasteiger charge is -2.12. The fraction of sp³-hybridized carbons (Fsp3) is 0.833. The first-order valence-electron chi connectivity index (χ1n) is 6.74. The second-order valence-corrected chi connectivity index (χ2v) is 4.58. The maximum atomic E-state index is 4.25. The van der Waals surface area contributed by atoms with Crippen molar-refractivity contribution in [2.75, 3.05) is 11.9 Å². The Morgan fingerprint density at radius 2 is 2.00 bits per heavy atom. The molecular weight excluding hydrogens is 214 g/mol. The van der Waals surface area contributed by atoms with Crippen molar-refractivity contribution >= 4 is 5.95 Å². The lowest BCUT2D eigenvalue weighted by Crippen LogP contribution is -2.27. The largest absolute Gasteiger partial charge is 0.355 e. The minimum absolute atomic E-state index is 0.680. The monoisotopic (exact) mass is 237 g/mol. The van der Waals surface area contributed by atoms with Crippen molar-refractivity contribution in [1.29, 1.82) is 0 Å². The van der Waals surface area contributed by atoms with Crippen LogP contribution in [0.2, 0.25) is 0 Å². The van der Waals surface area contributed by atoms with Crippen molar-refractivity contribution in [1.82, 2.24) is 20.1 Å². The van der Waals surface area contributed by atoms with E-state index in [1.165, 1.54) is 25.7 Å². The van der Waals surface area contributed by atoms with E-state index in [4.69, 9.17) is 0 Å². The van der Waals surface area contributed by atoms with E-state index >= 15 is 0 Å². The number of aromatic nitrogens is 3. The van der Waals surface area contributed by atoms with Crippen LogP contribution in [0, 0.1) is 0 Å². The highest BCUT2D eigenvalue weighted by molar-refractivity contribution is 5.25. The minimum Gasteiger partial charge on any atom is -0.355 e. The fourth-order valence-corrected chi connectivity index (χ4v) is 2.45. The quantitative estimate of drug-likeness (QED) is 0.791. The predicted octanol–water partition coefficient (Wildman–Crippen LogP) is 1.76. The number of nitrogens with one attached hydrogen (secondary N) is 2. The van der Waals surface area contributed by atoms with E-state index in [0.29, 0.717) is 6.04 Å². The summed E-state index contributed by atoms with van der Waals surface area (Å²) in [5, 5.41) is 15.3. The molecule has 0 atom stereocenters. The summed E-state index contributed by atoms with van der Waals surface area (Å²) in [6.45, 7) is 6.83. The van der Waals surface area contributed by atoms with Gasteiger partial charge >= 0.3 is 0 Å². The first-order chi connectivity index (χ1) is 8.35. The van der Waals surface area contributed by atoms with Gasteiger partial charge in [0.05, 0.1) is 6.54 Å². The Labute approximate surface area is 103 Å². The van der Waals surface area contributed by atoms with Crippen LogP contribution in [-0.4, -0.2) is 27.4 Å². The molecule has 1 aliphatic carbocycles. The van der Waals surface area contributed by atoms with E-state index in [1.54, 1.807) is 0 Å². The zero-order chi connectivity index (χ0) is 12.1. The molecule has 0 spiro atoms. The molecule has 5 heteroatoms. The van der Waals surface area contributed by atoms with Crippen LogP contribution in [0.5, 0.6) is 0 Å². The molecule has 2 N–H and O–H groups in total. The molecule has 0 saturated heterocycles. The van der Waals surface area contributed by atoms with Crippen molar-refractivity contribution in [3.8, 4) is 0 Å². The molecule has 1 fully saturated rings. The normalized spacial score (nSPS) is 16.6. The summed E-state index contributed by atoms with van der Waals surface area (Å²) in [6, 6.07) is 0.680. The smallest absolute Gasteiger partial charge is 0.224 e. The summed E-state index contributed by atoms with van der Waals surface area (Å²) >= 11 is 0. The van der Waals surface area contributed by atoms with Gasteiger partial charge in [-0.15, -0.1) is 10.2 Å². The molecule has 5 nitrogen and oxygen atoms in total. The highest BCUT2D eigenvalue weighted by Crippen LogP contribution is 2.18. The third-order valence-electron chi connectivity index (χ3n) is 3.38. The van der Waals surface area contributed by atoms with Gasteiger partial charge in [0.2, 0.25) is 5.95 Å². The predicted molar refractivity (Wildman–Crippen MR) is 69.0 cm³/mol. The maximum Gasteiger partial charge on any atom is 0.224 e. The summed E-state index contributed by atoms with van der Waals surface area (Å²) < 4.78 is 2.14. The number of hydrogen-bond acceptors (Lipinski definition) is 4. The van der Waals surface area contributed by atoms with Crippen molar-refractivity contribution in [3.05, 3.63) is 5.82 Å². The number of hydrogen-bond donors (Lipinski definition) is 2. The average molecular weight is 237 g/mol. The molecule has 0 bridgehead atoms. The summed E-state index contributed by atoms with van der Waals surface area (Å²) in [7, 11) is 0. The molecule has 17 heavy (non-hydrogen) atoms. The summed E-state index contributed by atoms with van der Waals surface area (Å²) in [4.78, 5) is 0. The van der Waals surface area contributed by atoms with E-state index < -0.39 is 0 Å². The molecule has 2 rings (SSSR count). The van der Waals surface area contributed by atoms with Crippen LogP contribution in [0.25, 0.3) is 0 Å². The van der Waals surface area contributed by atoms with Crippen molar-refractivity contribution in [3.63, 3.8) is 0 Å². The first kappa shape index (κ1) is 12.4. The van der Waals surface area contributed by atoms with Crippen molar-refractivity contribution in [2.24, 2.45) is 0 Å². The molecule has 1 heterocycles. The van der Waals surface area contributed by atoms with Crippen LogP contribution < -0.4 is 10.6 Å². The third kappa shape index (κ3) is 2.97. The van der Waals surface area contributed by atoms with Crippen molar-refractivity contribution in [2.45, 2.75) is 58.7 Å². The van der Waals surface area contributed by atoms with Gasteiger partial charge in [0, 0.05) is 19.1 Å². The Balaban J connectivity index is 1.94. The molecule has 0 unspecified atom stereocenters. The second kappa shape index (κ2) is 6.00. The Morgan fingerprint density at radius 3 is 2.65 bits per heavy atom. The van der Waals surface area contributed by atoms with Gasteiger partial charge in [-0.3, -0.25) is 4.57 Å². The van der Waals surface area contributed by atoms with E-state index in [1.807, 2.05) is 0 Å². The van der Waals surface area contributed by atoms with Gasteiger partial charge in [-0.1, -0.05) is 12.8 Å². The average Bonchev–Trinajstić information content (AvgIpc) is 2.95. The lowest BCUT2D eigenvalue weighted by atomic mass is 10.2. The molecule has 0 aromatic carbocycles. The van der Waals surface area contributed by atoms with Crippen LogP contribution >= 0.6 is 0 Å². The standard InChI is InChI=1S/C12H23N5/c1-3-13-12-16-15-11(17(12)4-2)9-14-10-7-5-6-8-10/h10,14H,3-9H2,1-2H3,(H,13,16). The first-order valence-corrected chi connectivity index (χ1v) is 6.74. The maximum absolute atomic E-state index is 4.25. The van der Waals surface area contributed by atoms with Crippen LogP contribution in [0.3, 0.4) is 0 Å². The van der Waals surface area contributed by atoms with Gasteiger partial charge in [-0.05, 0) is 26.7 Å². The van der Waals surface area contributed by atoms with Crippen LogP contribution in [0.1, 0.15) is 45.4 Å². The molecule has 1 aliphatic rings. The van der Waals surface area contributed by atoms with Crippen LogP contribution in [0.4, 0.5) is 5.95 Å². The number of rotatable bonds is 6. The molecule has 0 radical (unpaired) electrons. The van der Waals surface area contributed by atoms with E-state index in [-0.39, 0.29) is 0 Å². The summed E-state index contributed by atoms with van der Waals surface area (Å²) in [6.07, 6.45) is 5.34. The van der Waals surface area contributed by atoms with Crippen LogP contribution in [-0.2, 0) is 13.1 Å². The summed E-state index contributed by atoms with van der Waals surface area (Å²) in [5.74, 6) is 1.92. The van der Waals surface area contributed by atoms with Crippen molar-refractivity contribution < 1.29 is 0 Å².